The van der Waals surface area contributed by atoms with Crippen molar-refractivity contribution in [3.05, 3.63) is 0 Å². The van der Waals surface area contributed by atoms with E-state index in [-0.39, 0.29) is 0 Å². The van der Waals surface area contributed by atoms with Gasteiger partial charge in [0.2, 0.25) is 0 Å². The number of ether oxygens (including phenoxy) is 1. The van der Waals surface area contributed by atoms with Crippen LogP contribution in [0.25, 0.3) is 0 Å². The average molecular weight is 160 g/mol. The Bertz CT molecular complexity index is 110. The molecule has 0 aromatic rings. The van der Waals surface area contributed by atoms with Crippen molar-refractivity contribution in [1.29, 1.82) is 0 Å². The Morgan fingerprint density at radius 2 is 2.20 bits per heavy atom. The van der Waals surface area contributed by atoms with Crippen LogP contribution in [0.3, 0.4) is 0 Å². The van der Waals surface area contributed by atoms with Gasteiger partial charge in [0.05, 0.1) is 12.7 Å². The molecule has 10 heavy (non-hydrogen) atoms. The molecule has 0 spiro atoms. The monoisotopic (exact) mass is 160 g/mol. The summed E-state index contributed by atoms with van der Waals surface area (Å²) in [5, 5.41) is 0. The zero-order chi connectivity index (χ0) is 7.61. The summed E-state index contributed by atoms with van der Waals surface area (Å²) >= 11 is 0. The van der Waals surface area contributed by atoms with Crippen LogP contribution in [-0.4, -0.2) is 28.1 Å². The van der Waals surface area contributed by atoms with E-state index in [2.05, 4.69) is 13.1 Å². The quantitative estimate of drug-likeness (QED) is 0.460. The Balaban J connectivity index is 2.09. The van der Waals surface area contributed by atoms with Crippen molar-refractivity contribution >= 4 is 8.32 Å². The van der Waals surface area contributed by atoms with Gasteiger partial charge in [-0.15, -0.1) is 0 Å². The first-order valence-corrected chi connectivity index (χ1v) is 6.92. The van der Waals surface area contributed by atoms with E-state index in [4.69, 9.17) is 9.16 Å². The van der Waals surface area contributed by atoms with Crippen LogP contribution in [-0.2, 0) is 9.16 Å². The Kier molecular flexibility index (Phi) is 2.49. The summed E-state index contributed by atoms with van der Waals surface area (Å²) in [7, 11) is 0.539. The topological polar surface area (TPSA) is 21.8 Å². The molecule has 1 heterocycles. The number of hydrogen-bond acceptors (Lipinski definition) is 2. The number of hydrogen-bond donors (Lipinski definition) is 0. The van der Waals surface area contributed by atoms with Crippen LogP contribution in [0.1, 0.15) is 6.42 Å². The molecule has 2 nitrogen and oxygen atoms in total. The fraction of sp³-hybridized carbons (Fsp3) is 1.00. The fourth-order valence-corrected chi connectivity index (χ4v) is 2.07. The summed E-state index contributed by atoms with van der Waals surface area (Å²) < 4.78 is 10.5. The minimum absolute atomic E-state index is 0.571. The molecule has 0 amide bonds. The lowest BCUT2D eigenvalue weighted by atomic mass is 10.4. The average Bonchev–Trinajstić information content (AvgIpc) is 2.66. The van der Waals surface area contributed by atoms with Crippen LogP contribution in [0.4, 0.5) is 0 Å². The Labute approximate surface area is 63.7 Å². The molecule has 1 fully saturated rings. The summed E-state index contributed by atoms with van der Waals surface area (Å²) in [5.74, 6) is 0. The molecule has 1 aliphatic rings. The molecular weight excluding hydrogens is 144 g/mol. The fourth-order valence-electron chi connectivity index (χ4n) is 0.845. The molecule has 0 radical (unpaired) electrons. The molecule has 1 unspecified atom stereocenters. The third-order valence-corrected chi connectivity index (χ3v) is 4.62. The lowest BCUT2D eigenvalue weighted by molar-refractivity contribution is 0.381. The van der Waals surface area contributed by atoms with Crippen LogP contribution >= 0.6 is 0 Å². The molecular formula is C7H16O2Si. The van der Waals surface area contributed by atoms with Crippen LogP contribution < -0.4 is 0 Å². The van der Waals surface area contributed by atoms with E-state index in [1.165, 1.54) is 12.5 Å². The highest BCUT2D eigenvalue weighted by Gasteiger charge is 2.28. The molecule has 1 rings (SSSR count). The van der Waals surface area contributed by atoms with E-state index in [1.807, 2.05) is 7.11 Å². The van der Waals surface area contributed by atoms with Gasteiger partial charge in [0.25, 0.3) is 0 Å². The lowest BCUT2D eigenvalue weighted by Crippen LogP contribution is -2.28. The Morgan fingerprint density at radius 1 is 1.60 bits per heavy atom. The second-order valence-electron chi connectivity index (χ2n) is 3.46. The first-order valence-electron chi connectivity index (χ1n) is 3.81. The molecule has 0 N–H and O–H groups in total. The van der Waals surface area contributed by atoms with Gasteiger partial charge in [-0.25, -0.2) is 0 Å². The van der Waals surface area contributed by atoms with Crippen molar-refractivity contribution in [3.63, 3.8) is 0 Å². The highest BCUT2D eigenvalue weighted by atomic mass is 28.4. The van der Waals surface area contributed by atoms with E-state index in [9.17, 15) is 0 Å². The number of epoxide rings is 1. The molecule has 60 valence electrons. The third-order valence-electron chi connectivity index (χ3n) is 2.02. The first-order chi connectivity index (χ1) is 4.64. The lowest BCUT2D eigenvalue weighted by Gasteiger charge is -2.18. The molecule has 1 atom stereocenters. The minimum Gasteiger partial charge on any atom is -0.420 e. The highest BCUT2D eigenvalue weighted by molar-refractivity contribution is 6.71. The van der Waals surface area contributed by atoms with Crippen LogP contribution in [0.15, 0.2) is 0 Å². The maximum Gasteiger partial charge on any atom is 0.186 e. The summed E-state index contributed by atoms with van der Waals surface area (Å²) in [4.78, 5) is 0. The molecule has 0 aromatic heterocycles. The number of rotatable bonds is 4. The minimum atomic E-state index is -1.28. The van der Waals surface area contributed by atoms with Crippen molar-refractivity contribution < 1.29 is 9.16 Å². The Hall–Kier alpha value is 0.137. The maximum absolute atomic E-state index is 5.40. The smallest absolute Gasteiger partial charge is 0.186 e. The summed E-state index contributed by atoms with van der Waals surface area (Å²) in [6.45, 7) is 5.47. The zero-order valence-electron chi connectivity index (χ0n) is 7.02. The van der Waals surface area contributed by atoms with Crippen LogP contribution in [0, 0.1) is 0 Å². The van der Waals surface area contributed by atoms with E-state index in [0.29, 0.717) is 6.10 Å². The predicted molar refractivity (Wildman–Crippen MR) is 43.7 cm³/mol. The van der Waals surface area contributed by atoms with Gasteiger partial charge in [-0.3, -0.25) is 0 Å². The van der Waals surface area contributed by atoms with Gasteiger partial charge < -0.3 is 9.16 Å². The molecule has 0 bridgehead atoms. The van der Waals surface area contributed by atoms with Crippen molar-refractivity contribution in [1.82, 2.24) is 0 Å². The predicted octanol–water partition coefficient (Wildman–Crippen LogP) is 1.63. The second-order valence-corrected chi connectivity index (χ2v) is 7.89. The maximum atomic E-state index is 5.40. The van der Waals surface area contributed by atoms with Crippen LogP contribution in [0.2, 0.25) is 19.1 Å². The largest absolute Gasteiger partial charge is 0.420 e. The molecule has 1 saturated heterocycles. The summed E-state index contributed by atoms with van der Waals surface area (Å²) in [5.41, 5.74) is 0. The van der Waals surface area contributed by atoms with Gasteiger partial charge in [-0.2, -0.15) is 0 Å². The summed E-state index contributed by atoms with van der Waals surface area (Å²) in [6.07, 6.45) is 1.77. The second kappa shape index (κ2) is 3.03. The van der Waals surface area contributed by atoms with E-state index < -0.39 is 8.32 Å². The third kappa shape index (κ3) is 2.81. The first kappa shape index (κ1) is 8.24. The summed E-state index contributed by atoms with van der Waals surface area (Å²) in [6, 6.07) is 1.23. The van der Waals surface area contributed by atoms with Crippen molar-refractivity contribution in [2.24, 2.45) is 0 Å². The van der Waals surface area contributed by atoms with Gasteiger partial charge in [0.15, 0.2) is 8.32 Å². The normalized spacial score (nSPS) is 24.9. The Morgan fingerprint density at radius 3 is 2.60 bits per heavy atom. The van der Waals surface area contributed by atoms with Gasteiger partial charge in [0, 0.05) is 7.11 Å². The standard InChI is InChI=1S/C7H16O2Si/c1-8-10(2,3)5-4-7-6-9-7/h7H,4-6H2,1-3H3. The highest BCUT2D eigenvalue weighted by Crippen LogP contribution is 2.21. The molecule has 0 aromatic carbocycles. The zero-order valence-corrected chi connectivity index (χ0v) is 8.02. The van der Waals surface area contributed by atoms with E-state index in [1.54, 1.807) is 0 Å². The van der Waals surface area contributed by atoms with Gasteiger partial charge in [-0.05, 0) is 25.6 Å². The van der Waals surface area contributed by atoms with E-state index >= 15 is 0 Å². The molecule has 1 aliphatic heterocycles. The van der Waals surface area contributed by atoms with Crippen molar-refractivity contribution in [2.45, 2.75) is 31.7 Å². The molecule has 3 heteroatoms. The SMILES string of the molecule is CO[Si](C)(C)CCC1CO1. The van der Waals surface area contributed by atoms with Crippen LogP contribution in [0.5, 0.6) is 0 Å². The van der Waals surface area contributed by atoms with Crippen molar-refractivity contribution in [2.75, 3.05) is 13.7 Å². The van der Waals surface area contributed by atoms with E-state index in [0.717, 1.165) is 6.61 Å². The molecule has 0 saturated carbocycles. The van der Waals surface area contributed by atoms with Crippen molar-refractivity contribution in [3.8, 4) is 0 Å². The molecule has 0 aliphatic carbocycles. The van der Waals surface area contributed by atoms with Gasteiger partial charge >= 0.3 is 0 Å². The van der Waals surface area contributed by atoms with Gasteiger partial charge in [-0.1, -0.05) is 0 Å². The van der Waals surface area contributed by atoms with Gasteiger partial charge in [0.1, 0.15) is 0 Å².